The standard InChI is InChI=1S/C14H15NOS/c1-10-3-5-11(6-4-10)17-12-7-8-13(15)14(9-12)16-2/h3-9H,15H2,1-2H3. The fourth-order valence-corrected chi connectivity index (χ4v) is 2.34. The van der Waals surface area contributed by atoms with E-state index in [1.807, 2.05) is 18.2 Å². The highest BCUT2D eigenvalue weighted by atomic mass is 32.2. The van der Waals surface area contributed by atoms with Crippen molar-refractivity contribution in [1.29, 1.82) is 0 Å². The van der Waals surface area contributed by atoms with E-state index in [1.54, 1.807) is 18.9 Å². The van der Waals surface area contributed by atoms with Gasteiger partial charge in [-0.1, -0.05) is 29.5 Å². The third-order valence-corrected chi connectivity index (χ3v) is 3.46. The number of nitrogens with two attached hydrogens (primary N) is 1. The predicted octanol–water partition coefficient (Wildman–Crippen LogP) is 3.74. The zero-order valence-corrected chi connectivity index (χ0v) is 10.8. The molecule has 0 spiro atoms. The summed E-state index contributed by atoms with van der Waals surface area (Å²) in [5.74, 6) is 0.724. The van der Waals surface area contributed by atoms with E-state index in [-0.39, 0.29) is 0 Å². The third-order valence-electron chi connectivity index (χ3n) is 2.46. The number of rotatable bonds is 3. The molecule has 88 valence electrons. The molecule has 2 rings (SSSR count). The van der Waals surface area contributed by atoms with Crippen LogP contribution in [-0.2, 0) is 0 Å². The first-order valence-corrected chi connectivity index (χ1v) is 6.19. The summed E-state index contributed by atoms with van der Waals surface area (Å²) in [6, 6.07) is 14.3. The monoisotopic (exact) mass is 245 g/mol. The molecule has 0 aliphatic rings. The van der Waals surface area contributed by atoms with Gasteiger partial charge in [-0.25, -0.2) is 0 Å². The van der Waals surface area contributed by atoms with E-state index in [0.717, 1.165) is 10.6 Å². The molecule has 0 saturated heterocycles. The van der Waals surface area contributed by atoms with Crippen molar-refractivity contribution in [2.75, 3.05) is 12.8 Å². The largest absolute Gasteiger partial charge is 0.495 e. The van der Waals surface area contributed by atoms with E-state index in [0.29, 0.717) is 5.69 Å². The molecule has 2 N–H and O–H groups in total. The van der Waals surface area contributed by atoms with E-state index in [4.69, 9.17) is 10.5 Å². The maximum atomic E-state index is 5.78. The van der Waals surface area contributed by atoms with Crippen LogP contribution in [0.25, 0.3) is 0 Å². The van der Waals surface area contributed by atoms with Gasteiger partial charge in [0, 0.05) is 9.79 Å². The topological polar surface area (TPSA) is 35.2 Å². The number of ether oxygens (including phenoxy) is 1. The summed E-state index contributed by atoms with van der Waals surface area (Å²) in [5, 5.41) is 0. The van der Waals surface area contributed by atoms with Gasteiger partial charge in [0.05, 0.1) is 12.8 Å². The van der Waals surface area contributed by atoms with Gasteiger partial charge in [0.25, 0.3) is 0 Å². The molecular weight excluding hydrogens is 230 g/mol. The molecule has 2 aromatic carbocycles. The lowest BCUT2D eigenvalue weighted by atomic mass is 10.2. The second kappa shape index (κ2) is 5.15. The molecule has 0 bridgehead atoms. The molecule has 0 aliphatic carbocycles. The summed E-state index contributed by atoms with van der Waals surface area (Å²) in [4.78, 5) is 2.34. The fraction of sp³-hybridized carbons (Fsp3) is 0.143. The molecular formula is C14H15NOS. The van der Waals surface area contributed by atoms with E-state index < -0.39 is 0 Å². The molecule has 0 atom stereocenters. The zero-order valence-electron chi connectivity index (χ0n) is 9.94. The Morgan fingerprint density at radius 2 is 1.65 bits per heavy atom. The van der Waals surface area contributed by atoms with Gasteiger partial charge in [-0.15, -0.1) is 0 Å². The molecule has 0 aromatic heterocycles. The van der Waals surface area contributed by atoms with Crippen molar-refractivity contribution in [2.45, 2.75) is 16.7 Å². The van der Waals surface area contributed by atoms with Gasteiger partial charge < -0.3 is 10.5 Å². The SMILES string of the molecule is COc1cc(Sc2ccc(C)cc2)ccc1N. The summed E-state index contributed by atoms with van der Waals surface area (Å²) in [7, 11) is 1.63. The maximum Gasteiger partial charge on any atom is 0.142 e. The summed E-state index contributed by atoms with van der Waals surface area (Å²) < 4.78 is 5.20. The number of hydrogen-bond donors (Lipinski definition) is 1. The lowest BCUT2D eigenvalue weighted by Gasteiger charge is -2.07. The molecule has 2 aromatic rings. The second-order valence-electron chi connectivity index (χ2n) is 3.82. The molecule has 0 aliphatic heterocycles. The van der Waals surface area contributed by atoms with Gasteiger partial charge in [-0.05, 0) is 37.3 Å². The van der Waals surface area contributed by atoms with Gasteiger partial charge in [0.1, 0.15) is 5.75 Å². The predicted molar refractivity (Wildman–Crippen MR) is 72.7 cm³/mol. The summed E-state index contributed by atoms with van der Waals surface area (Å²) in [6.45, 7) is 2.08. The Labute approximate surface area is 106 Å². The Bertz CT molecular complexity index is 508. The van der Waals surface area contributed by atoms with Gasteiger partial charge in [-0.2, -0.15) is 0 Å². The normalized spacial score (nSPS) is 10.2. The van der Waals surface area contributed by atoms with E-state index >= 15 is 0 Å². The number of nitrogen functional groups attached to an aromatic ring is 1. The number of anilines is 1. The Morgan fingerprint density at radius 3 is 2.29 bits per heavy atom. The maximum absolute atomic E-state index is 5.78. The summed E-state index contributed by atoms with van der Waals surface area (Å²) in [6.07, 6.45) is 0. The Morgan fingerprint density at radius 1 is 1.00 bits per heavy atom. The molecule has 0 fully saturated rings. The number of benzene rings is 2. The average Bonchev–Trinajstić information content (AvgIpc) is 2.34. The number of hydrogen-bond acceptors (Lipinski definition) is 3. The van der Waals surface area contributed by atoms with E-state index in [1.165, 1.54) is 10.5 Å². The fourth-order valence-electron chi connectivity index (χ4n) is 1.50. The number of aryl methyl sites for hydroxylation is 1. The van der Waals surface area contributed by atoms with Crippen LogP contribution < -0.4 is 10.5 Å². The average molecular weight is 245 g/mol. The van der Waals surface area contributed by atoms with Gasteiger partial charge in [0.15, 0.2) is 0 Å². The molecule has 17 heavy (non-hydrogen) atoms. The van der Waals surface area contributed by atoms with Crippen LogP contribution in [0.3, 0.4) is 0 Å². The van der Waals surface area contributed by atoms with Crippen molar-refractivity contribution in [3.05, 3.63) is 48.0 Å². The second-order valence-corrected chi connectivity index (χ2v) is 4.97. The quantitative estimate of drug-likeness (QED) is 0.837. The van der Waals surface area contributed by atoms with Crippen molar-refractivity contribution >= 4 is 17.4 Å². The minimum Gasteiger partial charge on any atom is -0.495 e. The molecule has 3 heteroatoms. The molecule has 0 amide bonds. The highest BCUT2D eigenvalue weighted by Crippen LogP contribution is 2.32. The van der Waals surface area contributed by atoms with Crippen LogP contribution in [0.1, 0.15) is 5.56 Å². The minimum atomic E-state index is 0.667. The Hall–Kier alpha value is -1.61. The highest BCUT2D eigenvalue weighted by Gasteiger charge is 2.02. The lowest BCUT2D eigenvalue weighted by Crippen LogP contribution is -1.91. The van der Waals surface area contributed by atoms with Crippen molar-refractivity contribution in [1.82, 2.24) is 0 Å². The lowest BCUT2D eigenvalue weighted by molar-refractivity contribution is 0.416. The molecule has 0 heterocycles. The Kier molecular flexibility index (Phi) is 3.59. The van der Waals surface area contributed by atoms with E-state index in [2.05, 4.69) is 31.2 Å². The van der Waals surface area contributed by atoms with Gasteiger partial charge in [0.2, 0.25) is 0 Å². The van der Waals surface area contributed by atoms with Crippen LogP contribution in [-0.4, -0.2) is 7.11 Å². The van der Waals surface area contributed by atoms with Gasteiger partial charge >= 0.3 is 0 Å². The zero-order chi connectivity index (χ0) is 12.3. The van der Waals surface area contributed by atoms with Crippen LogP contribution in [0, 0.1) is 6.92 Å². The summed E-state index contributed by atoms with van der Waals surface area (Å²) in [5.41, 5.74) is 7.71. The third kappa shape index (κ3) is 2.94. The van der Waals surface area contributed by atoms with Crippen molar-refractivity contribution in [3.8, 4) is 5.75 Å². The van der Waals surface area contributed by atoms with Crippen LogP contribution in [0.4, 0.5) is 5.69 Å². The van der Waals surface area contributed by atoms with Crippen molar-refractivity contribution in [3.63, 3.8) is 0 Å². The van der Waals surface area contributed by atoms with Crippen LogP contribution in [0.2, 0.25) is 0 Å². The number of methoxy groups -OCH3 is 1. The molecule has 2 nitrogen and oxygen atoms in total. The van der Waals surface area contributed by atoms with Crippen LogP contribution >= 0.6 is 11.8 Å². The summed E-state index contributed by atoms with van der Waals surface area (Å²) >= 11 is 1.70. The first kappa shape index (κ1) is 11.9. The molecule has 0 saturated carbocycles. The molecule has 0 unspecified atom stereocenters. The van der Waals surface area contributed by atoms with E-state index in [9.17, 15) is 0 Å². The smallest absolute Gasteiger partial charge is 0.142 e. The first-order chi connectivity index (χ1) is 8.19. The van der Waals surface area contributed by atoms with Gasteiger partial charge in [-0.3, -0.25) is 0 Å². The van der Waals surface area contributed by atoms with Crippen LogP contribution in [0.15, 0.2) is 52.3 Å². The molecule has 0 radical (unpaired) electrons. The van der Waals surface area contributed by atoms with Crippen molar-refractivity contribution < 1.29 is 4.74 Å². The van der Waals surface area contributed by atoms with Crippen molar-refractivity contribution in [2.24, 2.45) is 0 Å². The highest BCUT2D eigenvalue weighted by molar-refractivity contribution is 7.99. The first-order valence-electron chi connectivity index (χ1n) is 5.37. The van der Waals surface area contributed by atoms with Crippen LogP contribution in [0.5, 0.6) is 5.75 Å². The Balaban J connectivity index is 2.21. The minimum absolute atomic E-state index is 0.667.